The van der Waals surface area contributed by atoms with E-state index >= 15 is 0 Å². The van der Waals surface area contributed by atoms with Crippen LogP contribution >= 0.6 is 0 Å². The molecule has 126 valence electrons. The predicted molar refractivity (Wildman–Crippen MR) is 82.0 cm³/mol. The summed E-state index contributed by atoms with van der Waals surface area (Å²) in [5, 5.41) is 0. The van der Waals surface area contributed by atoms with E-state index in [9.17, 15) is 13.2 Å². The van der Waals surface area contributed by atoms with Crippen molar-refractivity contribution in [2.75, 3.05) is 18.2 Å². The van der Waals surface area contributed by atoms with Crippen molar-refractivity contribution in [2.24, 2.45) is 5.73 Å². The maximum Gasteiger partial charge on any atom is 0.416 e. The molecular formula is C17H15F3N2O2. The van der Waals surface area contributed by atoms with Gasteiger partial charge in [0, 0.05) is 24.8 Å². The van der Waals surface area contributed by atoms with Gasteiger partial charge in [-0.25, -0.2) is 0 Å². The van der Waals surface area contributed by atoms with Crippen LogP contribution in [0.15, 0.2) is 36.4 Å². The minimum Gasteiger partial charge on any atom is -0.454 e. The van der Waals surface area contributed by atoms with Crippen molar-refractivity contribution >= 4 is 5.69 Å². The fraction of sp³-hybridized carbons (Fsp3) is 0.294. The molecule has 4 rings (SSSR count). The third-order valence-electron chi connectivity index (χ3n) is 4.49. The summed E-state index contributed by atoms with van der Waals surface area (Å²) in [6.07, 6.45) is -4.38. The van der Waals surface area contributed by atoms with Crippen LogP contribution in [0, 0.1) is 0 Å². The number of hydrogen-bond donors (Lipinski definition) is 1. The van der Waals surface area contributed by atoms with Crippen LogP contribution < -0.4 is 20.1 Å². The molecule has 2 aromatic rings. The molecule has 0 bridgehead atoms. The van der Waals surface area contributed by atoms with Gasteiger partial charge in [0.2, 0.25) is 6.79 Å². The predicted octanol–water partition coefficient (Wildman–Crippen LogP) is 3.45. The zero-order chi connectivity index (χ0) is 16.9. The molecular weight excluding hydrogens is 321 g/mol. The molecule has 0 spiro atoms. The van der Waals surface area contributed by atoms with Gasteiger partial charge < -0.3 is 20.1 Å². The lowest BCUT2D eigenvalue weighted by Crippen LogP contribution is -2.27. The topological polar surface area (TPSA) is 47.7 Å². The minimum absolute atomic E-state index is 0.150. The van der Waals surface area contributed by atoms with E-state index in [-0.39, 0.29) is 31.5 Å². The molecule has 0 amide bonds. The van der Waals surface area contributed by atoms with E-state index in [0.29, 0.717) is 17.1 Å². The van der Waals surface area contributed by atoms with Crippen LogP contribution in [0.25, 0.3) is 0 Å². The molecule has 1 unspecified atom stereocenters. The zero-order valence-electron chi connectivity index (χ0n) is 12.6. The number of rotatable bonds is 2. The van der Waals surface area contributed by atoms with Crippen molar-refractivity contribution in [1.29, 1.82) is 0 Å². The van der Waals surface area contributed by atoms with Crippen molar-refractivity contribution in [3.05, 3.63) is 53.1 Å². The van der Waals surface area contributed by atoms with Gasteiger partial charge in [-0.1, -0.05) is 12.1 Å². The fourth-order valence-electron chi connectivity index (χ4n) is 3.40. The van der Waals surface area contributed by atoms with Gasteiger partial charge in [-0.15, -0.1) is 0 Å². The molecule has 2 heterocycles. The van der Waals surface area contributed by atoms with Gasteiger partial charge in [0.05, 0.1) is 11.6 Å². The van der Waals surface area contributed by atoms with E-state index in [4.69, 9.17) is 15.2 Å². The third-order valence-corrected chi connectivity index (χ3v) is 4.49. The monoisotopic (exact) mass is 336 g/mol. The summed E-state index contributed by atoms with van der Waals surface area (Å²) in [6.45, 7) is 0.535. The van der Waals surface area contributed by atoms with Gasteiger partial charge >= 0.3 is 6.18 Å². The van der Waals surface area contributed by atoms with E-state index in [1.807, 2.05) is 11.0 Å². The van der Waals surface area contributed by atoms with Crippen LogP contribution in [0.2, 0.25) is 0 Å². The quantitative estimate of drug-likeness (QED) is 0.912. The van der Waals surface area contributed by atoms with Crippen LogP contribution in [0.5, 0.6) is 11.5 Å². The standard InChI is InChI=1S/C17H15F3N2O2/c18-17(19,20)13-3-1-2-11-12(13)8-22(14(11)7-21)10-4-5-15-16(6-10)24-9-23-15/h1-6,14H,7-9,21H2. The first-order valence-corrected chi connectivity index (χ1v) is 7.54. The number of hydrogen-bond acceptors (Lipinski definition) is 4. The molecule has 0 saturated heterocycles. The SMILES string of the molecule is NCC1c2cccc(C(F)(F)F)c2CN1c1ccc2c(c1)OCO2. The van der Waals surface area contributed by atoms with Crippen LogP contribution in [-0.2, 0) is 12.7 Å². The molecule has 0 saturated carbocycles. The van der Waals surface area contributed by atoms with Crippen LogP contribution in [0.1, 0.15) is 22.7 Å². The largest absolute Gasteiger partial charge is 0.454 e. The molecule has 2 aromatic carbocycles. The average molecular weight is 336 g/mol. The van der Waals surface area contributed by atoms with Crippen molar-refractivity contribution in [3.63, 3.8) is 0 Å². The van der Waals surface area contributed by atoms with Crippen LogP contribution in [0.4, 0.5) is 18.9 Å². The van der Waals surface area contributed by atoms with Gasteiger partial charge in [0.15, 0.2) is 11.5 Å². The number of nitrogens with zero attached hydrogens (tertiary/aromatic N) is 1. The maximum atomic E-state index is 13.3. The summed E-state index contributed by atoms with van der Waals surface area (Å²) in [7, 11) is 0. The fourth-order valence-corrected chi connectivity index (χ4v) is 3.40. The van der Waals surface area contributed by atoms with Crippen molar-refractivity contribution in [1.82, 2.24) is 0 Å². The second-order valence-corrected chi connectivity index (χ2v) is 5.79. The third kappa shape index (κ3) is 2.27. The highest BCUT2D eigenvalue weighted by molar-refractivity contribution is 5.62. The molecule has 2 aliphatic heterocycles. The van der Waals surface area contributed by atoms with Crippen LogP contribution in [-0.4, -0.2) is 13.3 Å². The summed E-state index contributed by atoms with van der Waals surface area (Å²) in [4.78, 5) is 1.88. The van der Waals surface area contributed by atoms with E-state index in [1.165, 1.54) is 6.07 Å². The van der Waals surface area contributed by atoms with E-state index in [2.05, 4.69) is 0 Å². The van der Waals surface area contributed by atoms with Crippen molar-refractivity contribution in [2.45, 2.75) is 18.8 Å². The Labute approximate surface area is 136 Å². The van der Waals surface area contributed by atoms with E-state index in [1.54, 1.807) is 18.2 Å². The summed E-state index contributed by atoms with van der Waals surface area (Å²) in [6, 6.07) is 9.33. The second kappa shape index (κ2) is 5.31. The molecule has 2 aliphatic rings. The number of alkyl halides is 3. The Hall–Kier alpha value is -2.41. The number of anilines is 1. The zero-order valence-corrected chi connectivity index (χ0v) is 12.6. The van der Waals surface area contributed by atoms with Crippen molar-refractivity contribution < 1.29 is 22.6 Å². The minimum atomic E-state index is -4.38. The van der Waals surface area contributed by atoms with Crippen molar-refractivity contribution in [3.8, 4) is 11.5 Å². The molecule has 0 fully saturated rings. The Morgan fingerprint density at radius 2 is 1.92 bits per heavy atom. The first-order valence-electron chi connectivity index (χ1n) is 7.54. The molecule has 0 radical (unpaired) electrons. The molecule has 0 aromatic heterocycles. The van der Waals surface area contributed by atoms with Crippen LogP contribution in [0.3, 0.4) is 0 Å². The Kier molecular flexibility index (Phi) is 3.35. The van der Waals surface area contributed by atoms with Gasteiger partial charge in [0.1, 0.15) is 0 Å². The Morgan fingerprint density at radius 3 is 2.67 bits per heavy atom. The lowest BCUT2D eigenvalue weighted by molar-refractivity contribution is -0.138. The second-order valence-electron chi connectivity index (χ2n) is 5.79. The number of halogens is 3. The molecule has 2 N–H and O–H groups in total. The maximum absolute atomic E-state index is 13.3. The smallest absolute Gasteiger partial charge is 0.416 e. The molecule has 4 nitrogen and oxygen atoms in total. The lowest BCUT2D eigenvalue weighted by atomic mass is 9.99. The van der Waals surface area contributed by atoms with Gasteiger partial charge in [-0.05, 0) is 29.3 Å². The lowest BCUT2D eigenvalue weighted by Gasteiger charge is -2.26. The summed E-state index contributed by atoms with van der Waals surface area (Å²) < 4.78 is 50.5. The van der Waals surface area contributed by atoms with E-state index in [0.717, 1.165) is 11.8 Å². The summed E-state index contributed by atoms with van der Waals surface area (Å²) in [5.74, 6) is 1.23. The Bertz CT molecular complexity index is 792. The number of nitrogens with two attached hydrogens (primary N) is 1. The number of benzene rings is 2. The normalized spacial score (nSPS) is 18.8. The Balaban J connectivity index is 1.76. The highest BCUT2D eigenvalue weighted by Gasteiger charge is 2.39. The summed E-state index contributed by atoms with van der Waals surface area (Å²) >= 11 is 0. The van der Waals surface area contributed by atoms with Gasteiger partial charge in [-0.2, -0.15) is 13.2 Å². The number of fused-ring (bicyclic) bond motifs is 2. The first kappa shape index (κ1) is 15.1. The van der Waals surface area contributed by atoms with Gasteiger partial charge in [0.25, 0.3) is 0 Å². The molecule has 24 heavy (non-hydrogen) atoms. The molecule has 0 aliphatic carbocycles. The van der Waals surface area contributed by atoms with Gasteiger partial charge in [-0.3, -0.25) is 0 Å². The molecule has 7 heteroatoms. The molecule has 1 atom stereocenters. The first-order chi connectivity index (χ1) is 11.5. The number of ether oxygens (including phenoxy) is 2. The highest BCUT2D eigenvalue weighted by Crippen LogP contribution is 2.45. The average Bonchev–Trinajstić information content (AvgIpc) is 3.16. The Morgan fingerprint density at radius 1 is 1.12 bits per heavy atom. The summed E-state index contributed by atoms with van der Waals surface area (Å²) in [5.41, 5.74) is 6.96. The highest BCUT2D eigenvalue weighted by atomic mass is 19.4. The van der Waals surface area contributed by atoms with E-state index < -0.39 is 11.7 Å².